The second kappa shape index (κ2) is 11.2. The number of sulfonamides is 1. The van der Waals surface area contributed by atoms with Gasteiger partial charge in [-0.05, 0) is 56.7 Å². The van der Waals surface area contributed by atoms with Gasteiger partial charge in [0.05, 0.1) is 32.4 Å². The van der Waals surface area contributed by atoms with E-state index in [1.807, 2.05) is 26.0 Å². The average molecular weight is 603 g/mol. The van der Waals surface area contributed by atoms with Crippen LogP contribution in [0.5, 0.6) is 0 Å². The minimum Gasteiger partial charge on any atom is -0.450 e. The van der Waals surface area contributed by atoms with Crippen molar-refractivity contribution in [3.63, 3.8) is 0 Å². The van der Waals surface area contributed by atoms with Crippen LogP contribution in [0.25, 0.3) is 15.3 Å². The lowest BCUT2D eigenvalue weighted by atomic mass is 10.2. The Balaban J connectivity index is 1.31. The first-order valence-corrected chi connectivity index (χ1v) is 15.2. The number of carbonyl (C=O) groups is 2. The van der Waals surface area contributed by atoms with Crippen molar-refractivity contribution in [2.24, 2.45) is 0 Å². The largest absolute Gasteiger partial charge is 0.450 e. The Morgan fingerprint density at radius 2 is 1.77 bits per heavy atom. The van der Waals surface area contributed by atoms with Crippen molar-refractivity contribution in [2.75, 3.05) is 38.1 Å². The van der Waals surface area contributed by atoms with E-state index < -0.39 is 22.0 Å². The number of aryl methyl sites for hydroxylation is 2. The maximum atomic E-state index is 13.2. The molecule has 11 nitrogen and oxygen atoms in total. The third-order valence-electron chi connectivity index (χ3n) is 6.46. The van der Waals surface area contributed by atoms with E-state index in [0.29, 0.717) is 21.7 Å². The number of nitrogens with one attached hydrogen (secondary N) is 1. The highest BCUT2D eigenvalue weighted by Crippen LogP contribution is 2.34. The number of carbonyl (C=O) groups excluding carboxylic acids is 2. The Bertz CT molecular complexity index is 1650. The predicted octanol–water partition coefficient (Wildman–Crippen LogP) is 4.47. The van der Waals surface area contributed by atoms with E-state index in [1.165, 1.54) is 44.8 Å². The topological polar surface area (TPSA) is 127 Å². The third-order valence-corrected chi connectivity index (χ3v) is 9.86. The van der Waals surface area contributed by atoms with Crippen molar-refractivity contribution >= 4 is 61.0 Å². The Hall–Kier alpha value is -3.52. The number of hydrogen-bond acceptors (Lipinski definition) is 8. The molecule has 0 spiro atoms. The molecule has 2 aromatic heterocycles. The summed E-state index contributed by atoms with van der Waals surface area (Å²) in [5, 5.41) is 8.50. The number of halogens is 1. The predicted molar refractivity (Wildman–Crippen MR) is 153 cm³/mol. The van der Waals surface area contributed by atoms with Gasteiger partial charge in [0, 0.05) is 37.8 Å². The van der Waals surface area contributed by atoms with Crippen LogP contribution < -0.4 is 5.32 Å². The van der Waals surface area contributed by atoms with Gasteiger partial charge in [-0.15, -0.1) is 0 Å². The van der Waals surface area contributed by atoms with E-state index in [2.05, 4.69) is 15.4 Å². The van der Waals surface area contributed by atoms with Crippen LogP contribution in [0.4, 0.5) is 10.6 Å². The minimum absolute atomic E-state index is 0.0660. The number of piperazine rings is 1. The van der Waals surface area contributed by atoms with Crippen LogP contribution >= 0.6 is 22.9 Å². The second-order valence-electron chi connectivity index (χ2n) is 9.19. The zero-order chi connectivity index (χ0) is 28.6. The molecule has 0 bridgehead atoms. The van der Waals surface area contributed by atoms with Gasteiger partial charge in [-0.2, -0.15) is 14.1 Å². The van der Waals surface area contributed by atoms with Crippen molar-refractivity contribution < 1.29 is 22.7 Å². The third kappa shape index (κ3) is 5.42. The van der Waals surface area contributed by atoms with Crippen LogP contribution in [-0.2, 0) is 14.8 Å². The second-order valence-corrected chi connectivity index (χ2v) is 12.5. The van der Waals surface area contributed by atoms with Crippen LogP contribution in [0.2, 0.25) is 5.02 Å². The molecule has 0 unspecified atom stereocenters. The smallest absolute Gasteiger partial charge is 0.409 e. The number of aromatic nitrogens is 3. The van der Waals surface area contributed by atoms with E-state index in [1.54, 1.807) is 17.7 Å². The number of nitrogens with zero attached hydrogens (tertiary/aromatic N) is 5. The number of hydrogen-bond donors (Lipinski definition) is 1. The van der Waals surface area contributed by atoms with Crippen molar-refractivity contribution in [1.29, 1.82) is 0 Å². The fourth-order valence-electron chi connectivity index (χ4n) is 4.36. The molecule has 1 saturated heterocycles. The zero-order valence-electron chi connectivity index (χ0n) is 22.0. The van der Waals surface area contributed by atoms with Gasteiger partial charge >= 0.3 is 6.09 Å². The Morgan fingerprint density at radius 1 is 1.07 bits per heavy atom. The molecule has 0 radical (unpaired) electrons. The fraction of sp³-hybridized carbons (Fsp3) is 0.308. The molecule has 40 heavy (non-hydrogen) atoms. The van der Waals surface area contributed by atoms with Crippen LogP contribution in [0.15, 0.2) is 47.4 Å². The highest BCUT2D eigenvalue weighted by atomic mass is 35.5. The van der Waals surface area contributed by atoms with Gasteiger partial charge < -0.3 is 15.0 Å². The first-order chi connectivity index (χ1) is 19.1. The molecule has 0 atom stereocenters. The molecule has 4 aromatic rings. The maximum absolute atomic E-state index is 13.2. The summed E-state index contributed by atoms with van der Waals surface area (Å²) >= 11 is 7.74. The number of benzene rings is 2. The van der Waals surface area contributed by atoms with Crippen molar-refractivity contribution in [2.45, 2.75) is 25.7 Å². The van der Waals surface area contributed by atoms with E-state index in [-0.39, 0.29) is 43.2 Å². The summed E-state index contributed by atoms with van der Waals surface area (Å²) < 4.78 is 35.0. The molecular formula is C26H27ClN6O5S2. The van der Waals surface area contributed by atoms with Crippen LogP contribution in [-0.4, -0.2) is 77.2 Å². The molecule has 5 rings (SSSR count). The first kappa shape index (κ1) is 28.0. The maximum Gasteiger partial charge on any atom is 0.409 e. The Kier molecular flexibility index (Phi) is 7.82. The van der Waals surface area contributed by atoms with Gasteiger partial charge in [-0.25, -0.2) is 18.2 Å². The monoisotopic (exact) mass is 602 g/mol. The van der Waals surface area contributed by atoms with Gasteiger partial charge in [0.2, 0.25) is 15.2 Å². The molecule has 0 saturated carbocycles. The lowest BCUT2D eigenvalue weighted by Crippen LogP contribution is -2.50. The van der Waals surface area contributed by atoms with Crippen LogP contribution in [0, 0.1) is 13.8 Å². The molecule has 1 N–H and O–H groups in total. The summed E-state index contributed by atoms with van der Waals surface area (Å²) in [4.78, 5) is 31.3. The summed E-state index contributed by atoms with van der Waals surface area (Å²) in [6, 6.07) is 11.2. The number of ether oxygens (including phenoxy) is 1. The van der Waals surface area contributed by atoms with Crippen molar-refractivity contribution in [1.82, 2.24) is 24.0 Å². The van der Waals surface area contributed by atoms with Crippen molar-refractivity contribution in [3.05, 3.63) is 64.3 Å². The molecule has 210 valence electrons. The van der Waals surface area contributed by atoms with Gasteiger partial charge in [-0.3, -0.25) is 4.79 Å². The fourth-order valence-corrected chi connectivity index (χ4v) is 7.06. The van der Waals surface area contributed by atoms with E-state index in [9.17, 15) is 18.0 Å². The highest BCUT2D eigenvalue weighted by molar-refractivity contribution is 7.89. The number of thiazole rings is 1. The lowest BCUT2D eigenvalue weighted by molar-refractivity contribution is 0.0933. The minimum atomic E-state index is -3.79. The molecule has 1 fully saturated rings. The van der Waals surface area contributed by atoms with E-state index in [0.717, 1.165) is 15.8 Å². The summed E-state index contributed by atoms with van der Waals surface area (Å²) in [5.74, 6) is -0.00465. The van der Waals surface area contributed by atoms with E-state index >= 15 is 0 Å². The van der Waals surface area contributed by atoms with Gasteiger partial charge in [0.25, 0.3) is 5.91 Å². The summed E-state index contributed by atoms with van der Waals surface area (Å²) in [5.41, 5.74) is 2.71. The quantitative estimate of drug-likeness (QED) is 0.345. The first-order valence-electron chi connectivity index (χ1n) is 12.5. The highest BCUT2D eigenvalue weighted by Gasteiger charge is 2.30. The summed E-state index contributed by atoms with van der Waals surface area (Å²) in [6.07, 6.45) is -0.450. The normalized spacial score (nSPS) is 14.4. The summed E-state index contributed by atoms with van der Waals surface area (Å²) in [6.45, 7) is 6.54. The SMILES string of the molecule is CCOC(=O)N1CCN(S(=O)(=O)c2ccc(C(=O)Nc3cc(C)nn3-c3nc4c(C)ccc(Cl)c4s3)cc2)CC1. The molecule has 2 aromatic carbocycles. The van der Waals surface area contributed by atoms with Gasteiger partial charge in [0.1, 0.15) is 5.82 Å². The molecular weight excluding hydrogens is 576 g/mol. The molecule has 1 aliphatic heterocycles. The Morgan fingerprint density at radius 3 is 2.42 bits per heavy atom. The van der Waals surface area contributed by atoms with Crippen molar-refractivity contribution in [3.8, 4) is 5.13 Å². The zero-order valence-corrected chi connectivity index (χ0v) is 24.4. The number of rotatable bonds is 6. The number of amides is 2. The van der Waals surface area contributed by atoms with E-state index in [4.69, 9.17) is 16.3 Å². The molecule has 14 heteroatoms. The summed E-state index contributed by atoms with van der Waals surface area (Å²) in [7, 11) is -3.79. The number of anilines is 1. The molecule has 1 aliphatic rings. The van der Waals surface area contributed by atoms with Crippen LogP contribution in [0.1, 0.15) is 28.5 Å². The molecule has 0 aliphatic carbocycles. The van der Waals surface area contributed by atoms with Gasteiger partial charge in [0.15, 0.2) is 0 Å². The van der Waals surface area contributed by atoms with Crippen LogP contribution in [0.3, 0.4) is 0 Å². The Labute approximate surface area is 240 Å². The standard InChI is InChI=1S/C26H27ClN6O5S2/c1-4-38-26(35)31-11-13-32(14-12-31)40(36,37)19-8-6-18(7-9-19)24(34)28-21-15-17(3)30-33(21)25-29-22-16(2)5-10-20(27)23(22)39-25/h5-10,15H,4,11-14H2,1-3H3,(H,28,34). The molecule has 2 amide bonds. The average Bonchev–Trinajstić information content (AvgIpc) is 3.55. The molecule has 3 heterocycles. The lowest BCUT2D eigenvalue weighted by Gasteiger charge is -2.33. The van der Waals surface area contributed by atoms with Gasteiger partial charge in [-0.1, -0.05) is 29.0 Å². The number of fused-ring (bicyclic) bond motifs is 1.